The lowest BCUT2D eigenvalue weighted by atomic mass is 10.3. The predicted octanol–water partition coefficient (Wildman–Crippen LogP) is 1.26. The van der Waals surface area contributed by atoms with Crippen LogP contribution in [-0.4, -0.2) is 17.9 Å². The largest absolute Gasteiger partial charge is 0.368 e. The number of carbonyl (C=O) groups excluding carboxylic acids is 2. The van der Waals surface area contributed by atoms with Crippen molar-refractivity contribution in [1.29, 1.82) is 0 Å². The maximum atomic E-state index is 11.7. The molecule has 0 saturated carbocycles. The van der Waals surface area contributed by atoms with E-state index in [0.29, 0.717) is 4.88 Å². The SMILES string of the molecule is Cc1csc(C(=O)N[C@@H](C)C(N)=O)c1I. The number of hydrogen-bond donors (Lipinski definition) is 2. The van der Waals surface area contributed by atoms with Gasteiger partial charge in [0.1, 0.15) is 10.9 Å². The number of carbonyl (C=O) groups is 2. The Balaban J connectivity index is 2.78. The van der Waals surface area contributed by atoms with Crippen molar-refractivity contribution in [2.75, 3.05) is 0 Å². The Morgan fingerprint density at radius 2 is 2.20 bits per heavy atom. The van der Waals surface area contributed by atoms with E-state index < -0.39 is 11.9 Å². The van der Waals surface area contributed by atoms with E-state index in [4.69, 9.17) is 5.73 Å². The van der Waals surface area contributed by atoms with E-state index in [2.05, 4.69) is 27.9 Å². The summed E-state index contributed by atoms with van der Waals surface area (Å²) in [6, 6.07) is -0.643. The number of nitrogens with two attached hydrogens (primary N) is 1. The van der Waals surface area contributed by atoms with Crippen molar-refractivity contribution in [1.82, 2.24) is 5.32 Å². The molecule has 0 unspecified atom stereocenters. The number of primary amides is 1. The first-order valence-corrected chi connectivity index (χ1v) is 6.23. The van der Waals surface area contributed by atoms with Gasteiger partial charge in [0.25, 0.3) is 5.91 Å². The molecule has 1 atom stereocenters. The fourth-order valence-corrected chi connectivity index (χ4v) is 2.75. The first-order chi connectivity index (χ1) is 6.93. The van der Waals surface area contributed by atoms with E-state index in [9.17, 15) is 9.59 Å². The van der Waals surface area contributed by atoms with Crippen LogP contribution in [0.3, 0.4) is 0 Å². The number of rotatable bonds is 3. The van der Waals surface area contributed by atoms with E-state index in [1.165, 1.54) is 11.3 Å². The Hall–Kier alpha value is -0.630. The van der Waals surface area contributed by atoms with Crippen molar-refractivity contribution in [2.45, 2.75) is 19.9 Å². The zero-order valence-corrected chi connectivity index (χ0v) is 11.3. The van der Waals surface area contributed by atoms with Gasteiger partial charge in [-0.15, -0.1) is 11.3 Å². The highest BCUT2D eigenvalue weighted by atomic mass is 127. The van der Waals surface area contributed by atoms with Crippen LogP contribution in [-0.2, 0) is 4.79 Å². The summed E-state index contributed by atoms with van der Waals surface area (Å²) in [7, 11) is 0. The minimum Gasteiger partial charge on any atom is -0.368 e. The average molecular weight is 338 g/mol. The van der Waals surface area contributed by atoms with E-state index in [1.807, 2.05) is 12.3 Å². The summed E-state index contributed by atoms with van der Waals surface area (Å²) >= 11 is 3.48. The summed E-state index contributed by atoms with van der Waals surface area (Å²) in [5.41, 5.74) is 6.12. The van der Waals surface area contributed by atoms with Gasteiger partial charge in [0.05, 0.1) is 0 Å². The van der Waals surface area contributed by atoms with Crippen LogP contribution in [0.2, 0.25) is 0 Å². The number of hydrogen-bond acceptors (Lipinski definition) is 3. The maximum absolute atomic E-state index is 11.7. The van der Waals surface area contributed by atoms with Gasteiger partial charge in [0.15, 0.2) is 0 Å². The Bertz CT molecular complexity index is 403. The van der Waals surface area contributed by atoms with Gasteiger partial charge in [0, 0.05) is 3.57 Å². The first kappa shape index (κ1) is 12.4. The van der Waals surface area contributed by atoms with Crippen molar-refractivity contribution >= 4 is 45.7 Å². The molecule has 15 heavy (non-hydrogen) atoms. The molecule has 0 fully saturated rings. The molecule has 4 nitrogen and oxygen atoms in total. The minimum absolute atomic E-state index is 0.246. The van der Waals surface area contributed by atoms with Gasteiger partial charge in [-0.1, -0.05) is 0 Å². The van der Waals surface area contributed by atoms with Crippen LogP contribution >= 0.6 is 33.9 Å². The minimum atomic E-state index is -0.643. The van der Waals surface area contributed by atoms with Crippen LogP contribution < -0.4 is 11.1 Å². The number of nitrogens with one attached hydrogen (secondary N) is 1. The zero-order valence-electron chi connectivity index (χ0n) is 8.33. The zero-order chi connectivity index (χ0) is 11.6. The molecule has 0 aromatic carbocycles. The molecule has 0 aliphatic rings. The molecule has 0 spiro atoms. The molecule has 0 saturated heterocycles. The molecule has 0 radical (unpaired) electrons. The number of halogens is 1. The second-order valence-corrected chi connectivity index (χ2v) is 5.12. The van der Waals surface area contributed by atoms with Gasteiger partial charge in [-0.3, -0.25) is 9.59 Å². The van der Waals surface area contributed by atoms with Gasteiger partial charge in [0.2, 0.25) is 5.91 Å². The van der Waals surface area contributed by atoms with Gasteiger partial charge < -0.3 is 11.1 Å². The van der Waals surface area contributed by atoms with E-state index in [-0.39, 0.29) is 5.91 Å². The number of amides is 2. The monoisotopic (exact) mass is 338 g/mol. The Morgan fingerprint density at radius 1 is 1.60 bits per heavy atom. The molecular weight excluding hydrogens is 327 g/mol. The van der Waals surface area contributed by atoms with Gasteiger partial charge in [-0.05, 0) is 47.4 Å². The molecule has 2 amide bonds. The second kappa shape index (κ2) is 4.93. The van der Waals surface area contributed by atoms with Gasteiger partial charge in [-0.25, -0.2) is 0 Å². The summed E-state index contributed by atoms with van der Waals surface area (Å²) in [6.45, 7) is 3.50. The topological polar surface area (TPSA) is 72.2 Å². The third-order valence-electron chi connectivity index (χ3n) is 1.88. The average Bonchev–Trinajstić information content (AvgIpc) is 2.47. The van der Waals surface area contributed by atoms with Crippen molar-refractivity contribution in [3.05, 3.63) is 19.4 Å². The third-order valence-corrected chi connectivity index (χ3v) is 4.73. The molecule has 1 heterocycles. The molecular formula is C9H11IN2O2S. The van der Waals surface area contributed by atoms with E-state index in [0.717, 1.165) is 9.13 Å². The fourth-order valence-electron chi connectivity index (χ4n) is 0.916. The summed E-state index contributed by atoms with van der Waals surface area (Å²) in [4.78, 5) is 23.1. The quantitative estimate of drug-likeness (QED) is 0.815. The van der Waals surface area contributed by atoms with E-state index >= 15 is 0 Å². The molecule has 3 N–H and O–H groups in total. The fraction of sp³-hybridized carbons (Fsp3) is 0.333. The molecule has 1 aromatic rings. The van der Waals surface area contributed by atoms with Gasteiger partial charge in [-0.2, -0.15) is 0 Å². The molecule has 1 aromatic heterocycles. The molecule has 0 aliphatic carbocycles. The Labute approximate surface area is 105 Å². The highest BCUT2D eigenvalue weighted by Gasteiger charge is 2.18. The highest BCUT2D eigenvalue weighted by Crippen LogP contribution is 2.23. The molecule has 82 valence electrons. The van der Waals surface area contributed by atoms with Crippen molar-refractivity contribution in [3.8, 4) is 0 Å². The van der Waals surface area contributed by atoms with Crippen LogP contribution in [0.5, 0.6) is 0 Å². The Morgan fingerprint density at radius 3 is 2.60 bits per heavy atom. The highest BCUT2D eigenvalue weighted by molar-refractivity contribution is 14.1. The molecule has 6 heteroatoms. The van der Waals surface area contributed by atoms with Crippen LogP contribution in [0, 0.1) is 10.5 Å². The smallest absolute Gasteiger partial charge is 0.263 e. The van der Waals surface area contributed by atoms with Crippen LogP contribution in [0.4, 0.5) is 0 Å². The van der Waals surface area contributed by atoms with Crippen molar-refractivity contribution in [3.63, 3.8) is 0 Å². The molecule has 1 rings (SSSR count). The number of aryl methyl sites for hydroxylation is 1. The lowest BCUT2D eigenvalue weighted by molar-refractivity contribution is -0.119. The molecule has 0 aliphatic heterocycles. The van der Waals surface area contributed by atoms with Gasteiger partial charge >= 0.3 is 0 Å². The number of thiophene rings is 1. The third kappa shape index (κ3) is 2.91. The predicted molar refractivity (Wildman–Crippen MR) is 67.9 cm³/mol. The maximum Gasteiger partial charge on any atom is 0.263 e. The summed E-state index contributed by atoms with van der Waals surface area (Å²) in [5.74, 6) is -0.782. The Kier molecular flexibility index (Phi) is 4.09. The standard InChI is InChI=1S/C9H11IN2O2S/c1-4-3-15-7(6(4)10)9(14)12-5(2)8(11)13/h3,5H,1-2H3,(H2,11,13)(H,12,14)/t5-/m0/s1. The first-order valence-electron chi connectivity index (χ1n) is 4.27. The molecule has 0 bridgehead atoms. The second-order valence-electron chi connectivity index (χ2n) is 3.16. The van der Waals surface area contributed by atoms with Crippen molar-refractivity contribution < 1.29 is 9.59 Å². The lowest BCUT2D eigenvalue weighted by Crippen LogP contribution is -2.42. The normalized spacial score (nSPS) is 12.2. The summed E-state index contributed by atoms with van der Waals surface area (Å²) in [6.07, 6.45) is 0. The van der Waals surface area contributed by atoms with E-state index in [1.54, 1.807) is 6.92 Å². The van der Waals surface area contributed by atoms with Crippen LogP contribution in [0.1, 0.15) is 22.2 Å². The summed E-state index contributed by atoms with van der Waals surface area (Å²) < 4.78 is 0.923. The van der Waals surface area contributed by atoms with Crippen molar-refractivity contribution in [2.24, 2.45) is 5.73 Å². The lowest BCUT2D eigenvalue weighted by Gasteiger charge is -2.08. The van der Waals surface area contributed by atoms with Crippen LogP contribution in [0.25, 0.3) is 0 Å². The summed E-state index contributed by atoms with van der Waals surface area (Å²) in [5, 5.41) is 4.45. The van der Waals surface area contributed by atoms with Crippen LogP contribution in [0.15, 0.2) is 5.38 Å².